The molecule has 6 nitrogen and oxygen atoms in total. The van der Waals surface area contributed by atoms with Crippen molar-refractivity contribution in [3.63, 3.8) is 0 Å². The van der Waals surface area contributed by atoms with Crippen molar-refractivity contribution in [1.82, 2.24) is 13.8 Å². The molecule has 3 rings (SSSR count). The molecule has 0 radical (unpaired) electrons. The van der Waals surface area contributed by atoms with Gasteiger partial charge in [0.25, 0.3) is 0 Å². The molecule has 0 spiro atoms. The zero-order valence-corrected chi connectivity index (χ0v) is 19.1. The van der Waals surface area contributed by atoms with Gasteiger partial charge in [0.2, 0.25) is 10.0 Å². The van der Waals surface area contributed by atoms with Crippen LogP contribution >= 0.6 is 0 Å². The number of carbonyl (C=O) groups is 1. The van der Waals surface area contributed by atoms with Crippen LogP contribution in [0.2, 0.25) is 0 Å². The molecule has 0 unspecified atom stereocenters. The average molecular weight is 436 g/mol. The molecule has 1 aromatic carbocycles. The quantitative estimate of drug-likeness (QED) is 0.653. The van der Waals surface area contributed by atoms with Gasteiger partial charge in [0.15, 0.2) is 5.78 Å². The predicted octanol–water partition coefficient (Wildman–Crippen LogP) is 3.32. The molecule has 0 N–H and O–H groups in total. The van der Waals surface area contributed by atoms with Crippen molar-refractivity contribution < 1.29 is 17.6 Å². The van der Waals surface area contributed by atoms with Gasteiger partial charge in [0.05, 0.1) is 11.4 Å². The van der Waals surface area contributed by atoms with Crippen molar-refractivity contribution in [2.45, 2.75) is 45.6 Å². The number of rotatable bonds is 6. The van der Waals surface area contributed by atoms with Gasteiger partial charge in [-0.25, -0.2) is 12.8 Å². The summed E-state index contributed by atoms with van der Waals surface area (Å²) in [5.41, 5.74) is 3.08. The molecule has 0 amide bonds. The van der Waals surface area contributed by atoms with Gasteiger partial charge in [0.1, 0.15) is 5.82 Å². The van der Waals surface area contributed by atoms with E-state index in [-0.39, 0.29) is 23.3 Å². The summed E-state index contributed by atoms with van der Waals surface area (Å²) < 4.78 is 42.8. The fraction of sp³-hybridized carbons (Fsp3) is 0.500. The van der Waals surface area contributed by atoms with Crippen molar-refractivity contribution in [3.05, 3.63) is 52.6 Å². The van der Waals surface area contributed by atoms with Gasteiger partial charge in [-0.2, -0.15) is 4.31 Å². The summed E-state index contributed by atoms with van der Waals surface area (Å²) in [6.07, 6.45) is 0. The zero-order chi connectivity index (χ0) is 22.2. The molecular formula is C22H30FN3O3S. The lowest BCUT2D eigenvalue weighted by molar-refractivity contribution is 0.0901. The number of ketones is 1. The molecule has 0 saturated carbocycles. The van der Waals surface area contributed by atoms with Crippen LogP contribution in [-0.2, 0) is 10.0 Å². The van der Waals surface area contributed by atoms with Crippen LogP contribution in [0, 0.1) is 26.6 Å². The summed E-state index contributed by atoms with van der Waals surface area (Å²) in [6, 6.07) is 6.08. The Morgan fingerprint density at radius 2 is 1.70 bits per heavy atom. The highest BCUT2D eigenvalue weighted by atomic mass is 32.2. The average Bonchev–Trinajstić information content (AvgIpc) is 2.98. The number of hydrogen-bond acceptors (Lipinski definition) is 4. The molecule has 0 atom stereocenters. The number of piperazine rings is 1. The number of hydrogen-bond donors (Lipinski definition) is 0. The van der Waals surface area contributed by atoms with Gasteiger partial charge in [-0.05, 0) is 64.4 Å². The number of carbonyl (C=O) groups excluding carboxylic acids is 1. The standard InChI is InChI=1S/C22H30FN3O3S/c1-15(2)26-17(4)13-20(18(26)5)22(27)14-24-8-10-25(11-9-24)30(28,29)19-6-7-21(23)16(3)12-19/h6-7,12-13,15H,8-11,14H2,1-5H3. The summed E-state index contributed by atoms with van der Waals surface area (Å²) in [5.74, 6) is -0.366. The van der Waals surface area contributed by atoms with Crippen LogP contribution < -0.4 is 0 Å². The van der Waals surface area contributed by atoms with E-state index in [1.165, 1.54) is 22.5 Å². The number of aromatic nitrogens is 1. The zero-order valence-electron chi connectivity index (χ0n) is 18.3. The van der Waals surface area contributed by atoms with E-state index in [1.807, 2.05) is 24.8 Å². The summed E-state index contributed by atoms with van der Waals surface area (Å²) >= 11 is 0. The summed E-state index contributed by atoms with van der Waals surface area (Å²) in [6.45, 7) is 11.5. The number of nitrogens with zero attached hydrogens (tertiary/aromatic N) is 3. The smallest absolute Gasteiger partial charge is 0.243 e. The SMILES string of the molecule is Cc1cc(S(=O)(=O)N2CCN(CC(=O)c3cc(C)n(C(C)C)c3C)CC2)ccc1F. The molecular weight excluding hydrogens is 405 g/mol. The summed E-state index contributed by atoms with van der Waals surface area (Å²) in [5, 5.41) is 0. The normalized spacial score (nSPS) is 16.4. The van der Waals surface area contributed by atoms with Crippen LogP contribution in [0.3, 0.4) is 0 Å². The van der Waals surface area contributed by atoms with Crippen molar-refractivity contribution in [3.8, 4) is 0 Å². The summed E-state index contributed by atoms with van der Waals surface area (Å²) in [4.78, 5) is 15.0. The lowest BCUT2D eigenvalue weighted by Gasteiger charge is -2.33. The molecule has 1 aliphatic rings. The highest BCUT2D eigenvalue weighted by Crippen LogP contribution is 2.22. The van der Waals surface area contributed by atoms with Crippen LogP contribution in [0.1, 0.15) is 47.2 Å². The Balaban J connectivity index is 1.65. The van der Waals surface area contributed by atoms with E-state index in [4.69, 9.17) is 0 Å². The topological polar surface area (TPSA) is 62.6 Å². The number of sulfonamides is 1. The highest BCUT2D eigenvalue weighted by Gasteiger charge is 2.30. The molecule has 30 heavy (non-hydrogen) atoms. The van der Waals surface area contributed by atoms with Crippen LogP contribution in [0.15, 0.2) is 29.2 Å². The Hall–Kier alpha value is -2.03. The molecule has 164 valence electrons. The molecule has 2 heterocycles. The van der Waals surface area contributed by atoms with Gasteiger partial charge in [-0.1, -0.05) is 0 Å². The number of Topliss-reactive ketones (excluding diaryl/α,β-unsaturated/α-hetero) is 1. The van der Waals surface area contributed by atoms with E-state index in [2.05, 4.69) is 18.4 Å². The molecule has 2 aromatic rings. The first-order valence-electron chi connectivity index (χ1n) is 10.2. The van der Waals surface area contributed by atoms with E-state index in [0.29, 0.717) is 31.7 Å². The first-order chi connectivity index (χ1) is 14.0. The second kappa shape index (κ2) is 8.61. The third-order valence-electron chi connectivity index (χ3n) is 5.77. The minimum Gasteiger partial charge on any atom is -0.346 e. The van der Waals surface area contributed by atoms with Gasteiger partial charge in [0, 0.05) is 49.2 Å². The molecule has 1 aliphatic heterocycles. The number of aryl methyl sites for hydroxylation is 2. The Kier molecular flexibility index (Phi) is 6.50. The van der Waals surface area contributed by atoms with E-state index >= 15 is 0 Å². The van der Waals surface area contributed by atoms with Crippen LogP contribution in [0.4, 0.5) is 4.39 Å². The molecule has 1 saturated heterocycles. The predicted molar refractivity (Wildman–Crippen MR) is 115 cm³/mol. The lowest BCUT2D eigenvalue weighted by atomic mass is 10.1. The fourth-order valence-corrected chi connectivity index (χ4v) is 5.70. The van der Waals surface area contributed by atoms with Crippen molar-refractivity contribution >= 4 is 15.8 Å². The third kappa shape index (κ3) is 4.36. The lowest BCUT2D eigenvalue weighted by Crippen LogP contribution is -2.49. The Morgan fingerprint density at radius 1 is 1.07 bits per heavy atom. The van der Waals surface area contributed by atoms with Gasteiger partial charge in [-0.15, -0.1) is 0 Å². The first kappa shape index (κ1) is 22.7. The maximum Gasteiger partial charge on any atom is 0.243 e. The second-order valence-corrected chi connectivity index (χ2v) is 10.2. The highest BCUT2D eigenvalue weighted by molar-refractivity contribution is 7.89. The maximum atomic E-state index is 13.5. The third-order valence-corrected chi connectivity index (χ3v) is 7.66. The van der Waals surface area contributed by atoms with Gasteiger partial charge in [-0.3, -0.25) is 9.69 Å². The number of halogens is 1. The molecule has 1 fully saturated rings. The minimum atomic E-state index is -3.67. The maximum absolute atomic E-state index is 13.5. The van der Waals surface area contributed by atoms with Crippen LogP contribution in [0.5, 0.6) is 0 Å². The Bertz CT molecular complexity index is 1050. The van der Waals surface area contributed by atoms with Gasteiger partial charge >= 0.3 is 0 Å². The Labute approximate surface area is 178 Å². The van der Waals surface area contributed by atoms with E-state index in [9.17, 15) is 17.6 Å². The van der Waals surface area contributed by atoms with E-state index in [0.717, 1.165) is 17.0 Å². The fourth-order valence-electron chi connectivity index (χ4n) is 4.20. The van der Waals surface area contributed by atoms with Crippen LogP contribution in [-0.4, -0.2) is 60.7 Å². The van der Waals surface area contributed by atoms with Crippen molar-refractivity contribution in [1.29, 1.82) is 0 Å². The monoisotopic (exact) mass is 435 g/mol. The molecule has 0 aliphatic carbocycles. The van der Waals surface area contributed by atoms with E-state index in [1.54, 1.807) is 6.92 Å². The molecule has 1 aromatic heterocycles. The number of benzene rings is 1. The molecule has 0 bridgehead atoms. The summed E-state index contributed by atoms with van der Waals surface area (Å²) in [7, 11) is -3.67. The van der Waals surface area contributed by atoms with Crippen molar-refractivity contribution in [2.75, 3.05) is 32.7 Å². The first-order valence-corrected chi connectivity index (χ1v) is 11.7. The Morgan fingerprint density at radius 3 is 2.23 bits per heavy atom. The van der Waals surface area contributed by atoms with Gasteiger partial charge < -0.3 is 4.57 Å². The van der Waals surface area contributed by atoms with Crippen LogP contribution in [0.25, 0.3) is 0 Å². The second-order valence-electron chi connectivity index (χ2n) is 8.26. The molecule has 8 heteroatoms. The minimum absolute atomic E-state index is 0.0560. The van der Waals surface area contributed by atoms with Crippen molar-refractivity contribution in [2.24, 2.45) is 0 Å². The largest absolute Gasteiger partial charge is 0.346 e. The van der Waals surface area contributed by atoms with E-state index < -0.39 is 15.8 Å².